The van der Waals surface area contributed by atoms with Crippen molar-refractivity contribution in [1.29, 1.82) is 0 Å². The zero-order valence-electron chi connectivity index (χ0n) is 11.6. The van der Waals surface area contributed by atoms with Crippen LogP contribution in [-0.4, -0.2) is 29.8 Å². The predicted octanol–water partition coefficient (Wildman–Crippen LogP) is 1.49. The SMILES string of the molecule is NCc1ccccc1NC(=O)CCCN1CCCC1=O. The Morgan fingerprint density at radius 3 is 2.85 bits per heavy atom. The normalized spacial score (nSPS) is 14.7. The van der Waals surface area contributed by atoms with Gasteiger partial charge in [-0.1, -0.05) is 18.2 Å². The van der Waals surface area contributed by atoms with Gasteiger partial charge in [0.15, 0.2) is 0 Å². The molecule has 1 aromatic carbocycles. The van der Waals surface area contributed by atoms with E-state index in [2.05, 4.69) is 5.32 Å². The van der Waals surface area contributed by atoms with Gasteiger partial charge >= 0.3 is 0 Å². The van der Waals surface area contributed by atoms with E-state index >= 15 is 0 Å². The van der Waals surface area contributed by atoms with Gasteiger partial charge in [-0.05, 0) is 24.5 Å². The molecule has 0 saturated carbocycles. The summed E-state index contributed by atoms with van der Waals surface area (Å²) in [6, 6.07) is 7.52. The molecular formula is C15H21N3O2. The summed E-state index contributed by atoms with van der Waals surface area (Å²) >= 11 is 0. The van der Waals surface area contributed by atoms with Crippen molar-refractivity contribution >= 4 is 17.5 Å². The zero-order chi connectivity index (χ0) is 14.4. The maximum absolute atomic E-state index is 11.9. The first-order valence-corrected chi connectivity index (χ1v) is 7.06. The number of para-hydroxylation sites is 1. The molecule has 5 heteroatoms. The molecule has 0 bridgehead atoms. The van der Waals surface area contributed by atoms with Crippen molar-refractivity contribution in [2.45, 2.75) is 32.2 Å². The number of rotatable bonds is 6. The summed E-state index contributed by atoms with van der Waals surface area (Å²) in [5.41, 5.74) is 7.33. The molecule has 0 atom stereocenters. The van der Waals surface area contributed by atoms with E-state index in [0.717, 1.165) is 24.2 Å². The number of likely N-dealkylation sites (tertiary alicyclic amines) is 1. The summed E-state index contributed by atoms with van der Waals surface area (Å²) in [6.45, 7) is 1.90. The second-order valence-electron chi connectivity index (χ2n) is 5.00. The van der Waals surface area contributed by atoms with Crippen LogP contribution in [0.1, 0.15) is 31.2 Å². The van der Waals surface area contributed by atoms with Crippen LogP contribution in [0.5, 0.6) is 0 Å². The lowest BCUT2D eigenvalue weighted by Gasteiger charge is -2.15. The quantitative estimate of drug-likeness (QED) is 0.826. The first-order chi connectivity index (χ1) is 9.70. The van der Waals surface area contributed by atoms with Gasteiger partial charge in [0.2, 0.25) is 11.8 Å². The van der Waals surface area contributed by atoms with Crippen LogP contribution < -0.4 is 11.1 Å². The highest BCUT2D eigenvalue weighted by Gasteiger charge is 2.19. The third-order valence-electron chi connectivity index (χ3n) is 3.51. The molecule has 1 saturated heterocycles. The molecule has 0 radical (unpaired) electrons. The molecule has 1 fully saturated rings. The highest BCUT2D eigenvalue weighted by Crippen LogP contribution is 2.15. The van der Waals surface area contributed by atoms with Crippen LogP contribution in [0.3, 0.4) is 0 Å². The third kappa shape index (κ3) is 3.81. The van der Waals surface area contributed by atoms with E-state index in [1.54, 1.807) is 0 Å². The lowest BCUT2D eigenvalue weighted by atomic mass is 10.1. The second-order valence-corrected chi connectivity index (χ2v) is 5.00. The highest BCUT2D eigenvalue weighted by molar-refractivity contribution is 5.91. The predicted molar refractivity (Wildman–Crippen MR) is 78.0 cm³/mol. The summed E-state index contributed by atoms with van der Waals surface area (Å²) in [5.74, 6) is 0.177. The minimum absolute atomic E-state index is 0.0301. The Balaban J connectivity index is 1.76. The van der Waals surface area contributed by atoms with E-state index in [4.69, 9.17) is 5.73 Å². The first-order valence-electron chi connectivity index (χ1n) is 7.06. The number of nitrogens with one attached hydrogen (secondary N) is 1. The van der Waals surface area contributed by atoms with Gasteiger partial charge in [0.05, 0.1) is 0 Å². The van der Waals surface area contributed by atoms with Gasteiger partial charge in [-0.3, -0.25) is 9.59 Å². The molecule has 20 heavy (non-hydrogen) atoms. The first kappa shape index (κ1) is 14.5. The zero-order valence-corrected chi connectivity index (χ0v) is 11.6. The molecule has 1 aromatic rings. The molecule has 1 aliphatic heterocycles. The molecule has 1 aliphatic rings. The smallest absolute Gasteiger partial charge is 0.224 e. The van der Waals surface area contributed by atoms with Gasteiger partial charge in [-0.2, -0.15) is 0 Å². The second kappa shape index (κ2) is 7.05. The van der Waals surface area contributed by atoms with Crippen LogP contribution in [0.15, 0.2) is 24.3 Å². The molecule has 5 nitrogen and oxygen atoms in total. The molecular weight excluding hydrogens is 254 g/mol. The van der Waals surface area contributed by atoms with Crippen molar-refractivity contribution < 1.29 is 9.59 Å². The number of hydrogen-bond donors (Lipinski definition) is 2. The van der Waals surface area contributed by atoms with Crippen molar-refractivity contribution in [3.63, 3.8) is 0 Å². The van der Waals surface area contributed by atoms with Gasteiger partial charge in [-0.25, -0.2) is 0 Å². The number of nitrogens with zero attached hydrogens (tertiary/aromatic N) is 1. The van der Waals surface area contributed by atoms with Gasteiger partial charge in [0.25, 0.3) is 0 Å². The van der Waals surface area contributed by atoms with E-state index < -0.39 is 0 Å². The Morgan fingerprint density at radius 1 is 1.35 bits per heavy atom. The number of hydrogen-bond acceptors (Lipinski definition) is 3. The summed E-state index contributed by atoms with van der Waals surface area (Å²) in [4.78, 5) is 25.2. The lowest BCUT2D eigenvalue weighted by Crippen LogP contribution is -2.26. The van der Waals surface area contributed by atoms with Crippen molar-refractivity contribution in [3.05, 3.63) is 29.8 Å². The Hall–Kier alpha value is -1.88. The summed E-state index contributed by atoms with van der Waals surface area (Å²) < 4.78 is 0. The molecule has 3 N–H and O–H groups in total. The number of anilines is 1. The largest absolute Gasteiger partial charge is 0.343 e. The van der Waals surface area contributed by atoms with Crippen molar-refractivity contribution in [2.75, 3.05) is 18.4 Å². The summed E-state index contributed by atoms with van der Waals surface area (Å²) in [7, 11) is 0. The van der Waals surface area contributed by atoms with E-state index in [9.17, 15) is 9.59 Å². The number of carbonyl (C=O) groups is 2. The molecule has 1 heterocycles. The Bertz CT molecular complexity index is 488. The van der Waals surface area contributed by atoms with E-state index in [0.29, 0.717) is 32.4 Å². The van der Waals surface area contributed by atoms with Crippen LogP contribution in [-0.2, 0) is 16.1 Å². The number of amides is 2. The van der Waals surface area contributed by atoms with Crippen molar-refractivity contribution in [1.82, 2.24) is 4.90 Å². The molecule has 0 aromatic heterocycles. The van der Waals surface area contributed by atoms with Crippen molar-refractivity contribution in [2.24, 2.45) is 5.73 Å². The standard InChI is InChI=1S/C15H21N3O2/c16-11-12-5-1-2-6-13(12)17-14(19)7-3-9-18-10-4-8-15(18)20/h1-2,5-6H,3-4,7-11,16H2,(H,17,19). The molecule has 2 amide bonds. The average molecular weight is 275 g/mol. The number of carbonyl (C=O) groups excluding carboxylic acids is 2. The molecule has 0 unspecified atom stereocenters. The Kier molecular flexibility index (Phi) is 5.12. The molecule has 0 aliphatic carbocycles. The van der Waals surface area contributed by atoms with Gasteiger partial charge in [-0.15, -0.1) is 0 Å². The highest BCUT2D eigenvalue weighted by atomic mass is 16.2. The van der Waals surface area contributed by atoms with E-state index in [-0.39, 0.29) is 11.8 Å². The number of benzene rings is 1. The van der Waals surface area contributed by atoms with Crippen LogP contribution in [0.2, 0.25) is 0 Å². The third-order valence-corrected chi connectivity index (χ3v) is 3.51. The Morgan fingerprint density at radius 2 is 2.15 bits per heavy atom. The van der Waals surface area contributed by atoms with Gasteiger partial charge < -0.3 is 16.0 Å². The van der Waals surface area contributed by atoms with Crippen LogP contribution in [0.4, 0.5) is 5.69 Å². The summed E-state index contributed by atoms with van der Waals surface area (Å²) in [6.07, 6.45) is 2.70. The van der Waals surface area contributed by atoms with Crippen molar-refractivity contribution in [3.8, 4) is 0 Å². The molecule has 0 spiro atoms. The number of nitrogens with two attached hydrogens (primary N) is 1. The van der Waals surface area contributed by atoms with Crippen LogP contribution in [0.25, 0.3) is 0 Å². The fourth-order valence-electron chi connectivity index (χ4n) is 2.40. The lowest BCUT2D eigenvalue weighted by molar-refractivity contribution is -0.128. The van der Waals surface area contributed by atoms with Crippen LogP contribution in [0, 0.1) is 0 Å². The fraction of sp³-hybridized carbons (Fsp3) is 0.467. The maximum atomic E-state index is 11.9. The minimum Gasteiger partial charge on any atom is -0.343 e. The minimum atomic E-state index is -0.0301. The molecule has 2 rings (SSSR count). The van der Waals surface area contributed by atoms with E-state index in [1.807, 2.05) is 29.2 Å². The topological polar surface area (TPSA) is 75.4 Å². The average Bonchev–Trinajstić information content (AvgIpc) is 2.85. The summed E-state index contributed by atoms with van der Waals surface area (Å²) in [5, 5.41) is 2.88. The molecule has 108 valence electrons. The van der Waals surface area contributed by atoms with Gasteiger partial charge in [0, 0.05) is 38.2 Å². The fourth-order valence-corrected chi connectivity index (χ4v) is 2.40. The van der Waals surface area contributed by atoms with Crippen LogP contribution >= 0.6 is 0 Å². The van der Waals surface area contributed by atoms with E-state index in [1.165, 1.54) is 0 Å². The Labute approximate surface area is 119 Å². The monoisotopic (exact) mass is 275 g/mol. The van der Waals surface area contributed by atoms with Gasteiger partial charge in [0.1, 0.15) is 0 Å². The maximum Gasteiger partial charge on any atom is 0.224 e.